The number of halogens is 1. The summed E-state index contributed by atoms with van der Waals surface area (Å²) in [6.45, 7) is 2.58. The summed E-state index contributed by atoms with van der Waals surface area (Å²) in [5.41, 5.74) is 2.09. The van der Waals surface area contributed by atoms with Crippen LogP contribution in [0.15, 0.2) is 41.8 Å². The van der Waals surface area contributed by atoms with Crippen molar-refractivity contribution in [1.82, 2.24) is 10.3 Å². The van der Waals surface area contributed by atoms with Gasteiger partial charge in [0.1, 0.15) is 0 Å². The largest absolute Gasteiger partial charge is 0.351 e. The number of hydrogen-bond acceptors (Lipinski definition) is 4. The number of hydrogen-bond donors (Lipinski definition) is 1. The first-order valence-corrected chi connectivity index (χ1v) is 9.24. The number of nitrogens with zero attached hydrogens (tertiary/aromatic N) is 1. The average molecular weight is 363 g/mol. The van der Waals surface area contributed by atoms with E-state index in [0.29, 0.717) is 16.4 Å². The Bertz CT molecular complexity index is 808. The Labute approximate surface area is 148 Å². The Morgan fingerprint density at radius 1 is 1.22 bits per heavy atom. The van der Waals surface area contributed by atoms with Gasteiger partial charge in [-0.2, -0.15) is 0 Å². The summed E-state index contributed by atoms with van der Waals surface area (Å²) in [7, 11) is 0. The number of nitrogens with one attached hydrogen (secondary N) is 1. The average Bonchev–Trinajstić information content (AvgIpc) is 3.17. The zero-order valence-corrected chi connectivity index (χ0v) is 14.9. The van der Waals surface area contributed by atoms with Crippen LogP contribution < -0.4 is 5.32 Å². The van der Waals surface area contributed by atoms with Crippen LogP contribution in [0.2, 0.25) is 5.02 Å². The van der Waals surface area contributed by atoms with Crippen molar-refractivity contribution >= 4 is 40.2 Å². The van der Waals surface area contributed by atoms with Gasteiger partial charge in [0.15, 0.2) is 0 Å². The SMILES string of the molecule is Cc1nc(CCNC(=O)c2ccc(-c3ccc(Cl)cc3)s2)cs1. The molecule has 0 radical (unpaired) electrons. The van der Waals surface area contributed by atoms with Gasteiger partial charge in [0, 0.05) is 28.2 Å². The Morgan fingerprint density at radius 3 is 2.70 bits per heavy atom. The fraction of sp³-hybridized carbons (Fsp3) is 0.176. The molecule has 0 saturated carbocycles. The van der Waals surface area contributed by atoms with E-state index in [9.17, 15) is 4.79 Å². The molecule has 2 heterocycles. The molecule has 3 rings (SSSR count). The molecule has 0 spiro atoms. The normalized spacial score (nSPS) is 10.7. The zero-order chi connectivity index (χ0) is 16.2. The van der Waals surface area contributed by atoms with Crippen LogP contribution in [-0.4, -0.2) is 17.4 Å². The van der Waals surface area contributed by atoms with Crippen molar-refractivity contribution in [2.45, 2.75) is 13.3 Å². The summed E-state index contributed by atoms with van der Waals surface area (Å²) >= 11 is 9.01. The van der Waals surface area contributed by atoms with E-state index in [-0.39, 0.29) is 5.91 Å². The minimum Gasteiger partial charge on any atom is -0.351 e. The molecule has 0 bridgehead atoms. The highest BCUT2D eigenvalue weighted by molar-refractivity contribution is 7.17. The zero-order valence-electron chi connectivity index (χ0n) is 12.5. The van der Waals surface area contributed by atoms with Crippen LogP contribution in [0.25, 0.3) is 10.4 Å². The lowest BCUT2D eigenvalue weighted by atomic mass is 10.2. The Hall–Kier alpha value is -1.69. The number of carbonyl (C=O) groups excluding carboxylic acids is 1. The van der Waals surface area contributed by atoms with Crippen molar-refractivity contribution in [2.75, 3.05) is 6.54 Å². The molecule has 0 atom stereocenters. The monoisotopic (exact) mass is 362 g/mol. The van der Waals surface area contributed by atoms with Crippen molar-refractivity contribution in [3.63, 3.8) is 0 Å². The van der Waals surface area contributed by atoms with E-state index in [0.717, 1.165) is 27.6 Å². The number of rotatable bonds is 5. The Morgan fingerprint density at radius 2 is 2.00 bits per heavy atom. The number of carbonyl (C=O) groups is 1. The van der Waals surface area contributed by atoms with Gasteiger partial charge in [0.2, 0.25) is 0 Å². The minimum atomic E-state index is -0.0397. The van der Waals surface area contributed by atoms with Gasteiger partial charge in [0.05, 0.1) is 15.6 Å². The van der Waals surface area contributed by atoms with Crippen LogP contribution in [0.5, 0.6) is 0 Å². The molecule has 1 aromatic carbocycles. The molecule has 3 aromatic rings. The molecule has 23 heavy (non-hydrogen) atoms. The number of thiophene rings is 1. The highest BCUT2D eigenvalue weighted by atomic mass is 35.5. The number of amides is 1. The number of thiazole rings is 1. The number of aromatic nitrogens is 1. The third kappa shape index (κ3) is 4.19. The van der Waals surface area contributed by atoms with Gasteiger partial charge in [0.25, 0.3) is 5.91 Å². The molecular formula is C17H15ClN2OS2. The van der Waals surface area contributed by atoms with E-state index in [1.165, 1.54) is 11.3 Å². The first kappa shape index (κ1) is 16.2. The predicted molar refractivity (Wildman–Crippen MR) is 97.7 cm³/mol. The number of benzene rings is 1. The first-order valence-electron chi connectivity index (χ1n) is 7.17. The lowest BCUT2D eigenvalue weighted by Gasteiger charge is -2.01. The summed E-state index contributed by atoms with van der Waals surface area (Å²) in [6, 6.07) is 11.4. The van der Waals surface area contributed by atoms with E-state index < -0.39 is 0 Å². The lowest BCUT2D eigenvalue weighted by Crippen LogP contribution is -2.24. The van der Waals surface area contributed by atoms with Gasteiger partial charge in [-0.1, -0.05) is 23.7 Å². The van der Waals surface area contributed by atoms with Gasteiger partial charge < -0.3 is 5.32 Å². The van der Waals surface area contributed by atoms with Gasteiger partial charge in [-0.05, 0) is 36.8 Å². The second-order valence-electron chi connectivity index (χ2n) is 5.03. The summed E-state index contributed by atoms with van der Waals surface area (Å²) < 4.78 is 0. The van der Waals surface area contributed by atoms with Crippen LogP contribution in [0.3, 0.4) is 0 Å². The third-order valence-electron chi connectivity index (χ3n) is 3.29. The molecule has 0 saturated heterocycles. The minimum absolute atomic E-state index is 0.0397. The van der Waals surface area contributed by atoms with Crippen LogP contribution in [0, 0.1) is 6.92 Å². The van der Waals surface area contributed by atoms with E-state index in [1.807, 2.05) is 48.7 Å². The van der Waals surface area contributed by atoms with Crippen LogP contribution >= 0.6 is 34.3 Å². The predicted octanol–water partition coefficient (Wildman–Crippen LogP) is 4.81. The smallest absolute Gasteiger partial charge is 0.261 e. The van der Waals surface area contributed by atoms with E-state index in [1.54, 1.807) is 11.3 Å². The number of aryl methyl sites for hydroxylation is 1. The van der Waals surface area contributed by atoms with Crippen molar-refractivity contribution in [3.05, 3.63) is 62.4 Å². The molecule has 1 amide bonds. The molecule has 0 fully saturated rings. The second kappa shape index (κ2) is 7.25. The highest BCUT2D eigenvalue weighted by Gasteiger charge is 2.10. The fourth-order valence-electron chi connectivity index (χ4n) is 2.14. The molecule has 118 valence electrons. The molecule has 0 unspecified atom stereocenters. The third-order valence-corrected chi connectivity index (χ3v) is 5.50. The van der Waals surface area contributed by atoms with Crippen molar-refractivity contribution in [3.8, 4) is 10.4 Å². The summed E-state index contributed by atoms with van der Waals surface area (Å²) in [5.74, 6) is -0.0397. The molecule has 0 aliphatic carbocycles. The van der Waals surface area contributed by atoms with E-state index >= 15 is 0 Å². The summed E-state index contributed by atoms with van der Waals surface area (Å²) in [6.07, 6.45) is 0.755. The highest BCUT2D eigenvalue weighted by Crippen LogP contribution is 2.28. The van der Waals surface area contributed by atoms with Crippen LogP contribution in [-0.2, 0) is 6.42 Å². The maximum Gasteiger partial charge on any atom is 0.261 e. The van der Waals surface area contributed by atoms with Crippen LogP contribution in [0.4, 0.5) is 0 Å². The lowest BCUT2D eigenvalue weighted by molar-refractivity contribution is 0.0958. The molecule has 1 N–H and O–H groups in total. The van der Waals surface area contributed by atoms with E-state index in [4.69, 9.17) is 11.6 Å². The summed E-state index contributed by atoms with van der Waals surface area (Å²) in [5, 5.41) is 6.74. The van der Waals surface area contributed by atoms with Crippen molar-refractivity contribution < 1.29 is 4.79 Å². The fourth-order valence-corrected chi connectivity index (χ4v) is 3.84. The quantitative estimate of drug-likeness (QED) is 0.707. The first-order chi connectivity index (χ1) is 11.1. The molecule has 0 aliphatic heterocycles. The maximum atomic E-state index is 12.2. The Balaban J connectivity index is 1.58. The van der Waals surface area contributed by atoms with Gasteiger partial charge in [-0.15, -0.1) is 22.7 Å². The maximum absolute atomic E-state index is 12.2. The standard InChI is InChI=1S/C17H15ClN2OS2/c1-11-20-14(10-22-11)8-9-19-17(21)16-7-6-15(23-16)12-2-4-13(18)5-3-12/h2-7,10H,8-9H2,1H3,(H,19,21). The van der Waals surface area contributed by atoms with E-state index in [2.05, 4.69) is 10.3 Å². The molecular weight excluding hydrogens is 348 g/mol. The molecule has 0 aliphatic rings. The summed E-state index contributed by atoms with van der Waals surface area (Å²) in [4.78, 5) is 18.4. The molecule has 6 heteroatoms. The second-order valence-corrected chi connectivity index (χ2v) is 7.62. The molecule has 3 nitrogen and oxygen atoms in total. The topological polar surface area (TPSA) is 42.0 Å². The molecule has 2 aromatic heterocycles. The van der Waals surface area contributed by atoms with Crippen molar-refractivity contribution in [2.24, 2.45) is 0 Å². The van der Waals surface area contributed by atoms with Gasteiger partial charge in [-0.25, -0.2) is 4.98 Å². The van der Waals surface area contributed by atoms with Crippen molar-refractivity contribution in [1.29, 1.82) is 0 Å². The Kier molecular flexibility index (Phi) is 5.10. The van der Waals surface area contributed by atoms with Crippen LogP contribution in [0.1, 0.15) is 20.4 Å². The van der Waals surface area contributed by atoms with Gasteiger partial charge in [-0.3, -0.25) is 4.79 Å². The van der Waals surface area contributed by atoms with Gasteiger partial charge >= 0.3 is 0 Å².